The molecular weight excluding hydrogens is 460 g/mol. The molecule has 0 spiro atoms. The van der Waals surface area contributed by atoms with Gasteiger partial charge in [0, 0.05) is 22.8 Å². The first-order chi connectivity index (χ1) is 17.4. The lowest BCUT2D eigenvalue weighted by Crippen LogP contribution is -2.25. The van der Waals surface area contributed by atoms with Crippen LogP contribution in [0, 0.1) is 0 Å². The van der Waals surface area contributed by atoms with E-state index >= 15 is 0 Å². The predicted molar refractivity (Wildman–Crippen MR) is 136 cm³/mol. The van der Waals surface area contributed by atoms with Gasteiger partial charge < -0.3 is 28.4 Å². The second kappa shape index (κ2) is 10.6. The van der Waals surface area contributed by atoms with Crippen molar-refractivity contribution >= 4 is 11.5 Å². The summed E-state index contributed by atoms with van der Waals surface area (Å²) in [6, 6.07) is 18.5. The summed E-state index contributed by atoms with van der Waals surface area (Å²) in [5, 5.41) is 0. The minimum Gasteiger partial charge on any atom is -0.497 e. The summed E-state index contributed by atoms with van der Waals surface area (Å²) in [6.07, 6.45) is -0.808. The van der Waals surface area contributed by atoms with Crippen LogP contribution in [0.4, 0.5) is 0 Å². The van der Waals surface area contributed by atoms with Crippen LogP contribution in [-0.4, -0.2) is 40.5 Å². The Kier molecular flexibility index (Phi) is 7.38. The summed E-state index contributed by atoms with van der Waals surface area (Å²) in [5.41, 5.74) is 3.23. The molecule has 7 nitrogen and oxygen atoms in total. The van der Waals surface area contributed by atoms with Gasteiger partial charge in [-0.05, 0) is 61.9 Å². The van der Waals surface area contributed by atoms with Crippen molar-refractivity contribution in [1.29, 1.82) is 0 Å². The van der Waals surface area contributed by atoms with Crippen LogP contribution < -0.4 is 23.7 Å². The zero-order valence-electron chi connectivity index (χ0n) is 21.3. The topological polar surface area (TPSA) is 72.5 Å². The number of methoxy groups -OCH3 is 4. The summed E-state index contributed by atoms with van der Waals surface area (Å²) in [4.78, 5) is 13.4. The minimum atomic E-state index is -0.792. The number of carbonyl (C=O) groups excluding carboxylic acids is 1. The van der Waals surface area contributed by atoms with Gasteiger partial charge in [0.15, 0.2) is 6.10 Å². The van der Waals surface area contributed by atoms with Gasteiger partial charge in [0.05, 0.1) is 40.1 Å². The monoisotopic (exact) mass is 490 g/mol. The van der Waals surface area contributed by atoms with E-state index in [4.69, 9.17) is 28.4 Å². The van der Waals surface area contributed by atoms with Gasteiger partial charge in [-0.15, -0.1) is 0 Å². The molecule has 1 heterocycles. The molecule has 1 unspecified atom stereocenters. The highest BCUT2D eigenvalue weighted by Gasteiger charge is 2.37. The molecule has 0 fully saturated rings. The third-order valence-electron chi connectivity index (χ3n) is 5.88. The molecule has 0 amide bonds. The average molecular weight is 491 g/mol. The quantitative estimate of drug-likeness (QED) is 0.380. The Morgan fingerprint density at radius 1 is 0.806 bits per heavy atom. The number of benzene rings is 3. The van der Waals surface area contributed by atoms with Crippen LogP contribution in [0.5, 0.6) is 28.7 Å². The van der Waals surface area contributed by atoms with E-state index in [1.807, 2.05) is 62.4 Å². The molecule has 0 aliphatic carbocycles. The molecule has 0 saturated carbocycles. The number of fused-ring (bicyclic) bond motifs is 1. The number of rotatable bonds is 8. The third-order valence-corrected chi connectivity index (χ3v) is 5.88. The van der Waals surface area contributed by atoms with Gasteiger partial charge in [0.25, 0.3) is 0 Å². The first-order valence-electron chi connectivity index (χ1n) is 11.6. The Morgan fingerprint density at radius 3 is 2.08 bits per heavy atom. The smallest absolute Gasteiger partial charge is 0.338 e. The number of ether oxygens (including phenoxy) is 6. The second-order valence-corrected chi connectivity index (χ2v) is 8.44. The van der Waals surface area contributed by atoms with Gasteiger partial charge in [-0.3, -0.25) is 0 Å². The van der Waals surface area contributed by atoms with Crippen LogP contribution in [0.2, 0.25) is 0 Å². The van der Waals surface area contributed by atoms with E-state index in [2.05, 4.69) is 0 Å². The fourth-order valence-corrected chi connectivity index (χ4v) is 4.26. The van der Waals surface area contributed by atoms with Crippen molar-refractivity contribution in [2.45, 2.75) is 26.1 Å². The van der Waals surface area contributed by atoms with Crippen LogP contribution in [0.1, 0.15) is 36.6 Å². The standard InChI is InChI=1S/C29H30O7/c1-17(2)35-21-12-14-24-23(15-21)26(18-7-9-19(31-3)10-8-18)27(29(30)34-6)28(36-24)22-13-11-20(32-4)16-25(22)33-5/h7-17,28H,1-6H3. The Bertz CT molecular complexity index is 1280. The van der Waals surface area contributed by atoms with Crippen molar-refractivity contribution in [2.75, 3.05) is 28.4 Å². The molecule has 3 aromatic rings. The van der Waals surface area contributed by atoms with Gasteiger partial charge in [-0.2, -0.15) is 0 Å². The first-order valence-corrected chi connectivity index (χ1v) is 11.6. The zero-order valence-corrected chi connectivity index (χ0v) is 21.3. The van der Waals surface area contributed by atoms with Crippen molar-refractivity contribution in [2.24, 2.45) is 0 Å². The number of hydrogen-bond acceptors (Lipinski definition) is 7. The SMILES string of the molecule is COC(=O)C1=C(c2ccc(OC)cc2)c2cc(OC(C)C)ccc2OC1c1ccc(OC)cc1OC. The van der Waals surface area contributed by atoms with E-state index < -0.39 is 12.1 Å². The molecule has 3 aromatic carbocycles. The molecular formula is C29H30O7. The van der Waals surface area contributed by atoms with Crippen molar-refractivity contribution in [3.63, 3.8) is 0 Å². The molecule has 0 N–H and O–H groups in total. The first kappa shape index (κ1) is 25.0. The van der Waals surface area contributed by atoms with E-state index in [1.165, 1.54) is 7.11 Å². The fourth-order valence-electron chi connectivity index (χ4n) is 4.26. The van der Waals surface area contributed by atoms with Crippen LogP contribution in [0.25, 0.3) is 5.57 Å². The van der Waals surface area contributed by atoms with Gasteiger partial charge in [0.2, 0.25) is 0 Å². The van der Waals surface area contributed by atoms with Gasteiger partial charge in [-0.25, -0.2) is 4.79 Å². The van der Waals surface area contributed by atoms with Gasteiger partial charge in [-0.1, -0.05) is 12.1 Å². The Balaban J connectivity index is 2.01. The van der Waals surface area contributed by atoms with Crippen LogP contribution in [0.3, 0.4) is 0 Å². The van der Waals surface area contributed by atoms with Gasteiger partial charge >= 0.3 is 5.97 Å². The lowest BCUT2D eigenvalue weighted by Gasteiger charge is -2.31. The predicted octanol–water partition coefficient (Wildman–Crippen LogP) is 5.61. The van der Waals surface area contributed by atoms with Crippen molar-refractivity contribution in [1.82, 2.24) is 0 Å². The largest absolute Gasteiger partial charge is 0.497 e. The van der Waals surface area contributed by atoms with E-state index in [0.717, 1.165) is 11.1 Å². The molecule has 4 rings (SSSR count). The third kappa shape index (κ3) is 4.82. The molecule has 188 valence electrons. The Hall–Kier alpha value is -4.13. The lowest BCUT2D eigenvalue weighted by atomic mass is 9.85. The van der Waals surface area contributed by atoms with E-state index in [1.54, 1.807) is 33.5 Å². The number of hydrogen-bond donors (Lipinski definition) is 0. The van der Waals surface area contributed by atoms with Gasteiger partial charge in [0.1, 0.15) is 28.7 Å². The minimum absolute atomic E-state index is 0.0163. The molecule has 36 heavy (non-hydrogen) atoms. The molecule has 1 aliphatic heterocycles. The van der Waals surface area contributed by atoms with Crippen LogP contribution in [-0.2, 0) is 9.53 Å². The van der Waals surface area contributed by atoms with E-state index in [9.17, 15) is 4.79 Å². The maximum Gasteiger partial charge on any atom is 0.338 e. The summed E-state index contributed by atoms with van der Waals surface area (Å²) in [6.45, 7) is 3.92. The molecule has 1 aliphatic rings. The summed E-state index contributed by atoms with van der Waals surface area (Å²) in [7, 11) is 6.12. The zero-order chi connectivity index (χ0) is 25.8. The Morgan fingerprint density at radius 2 is 1.47 bits per heavy atom. The Labute approximate surface area is 211 Å². The second-order valence-electron chi connectivity index (χ2n) is 8.44. The van der Waals surface area contributed by atoms with Crippen LogP contribution >= 0.6 is 0 Å². The molecule has 7 heteroatoms. The number of esters is 1. The maximum absolute atomic E-state index is 13.4. The van der Waals surface area contributed by atoms with E-state index in [-0.39, 0.29) is 6.10 Å². The highest BCUT2D eigenvalue weighted by atomic mass is 16.5. The maximum atomic E-state index is 13.4. The van der Waals surface area contributed by atoms with Crippen molar-refractivity contribution in [3.05, 3.63) is 82.9 Å². The fraction of sp³-hybridized carbons (Fsp3) is 0.276. The van der Waals surface area contributed by atoms with Crippen molar-refractivity contribution < 1.29 is 33.2 Å². The average Bonchev–Trinajstić information content (AvgIpc) is 2.90. The molecule has 0 bridgehead atoms. The molecule has 0 radical (unpaired) electrons. The summed E-state index contributed by atoms with van der Waals surface area (Å²) < 4.78 is 34.0. The number of carbonyl (C=O) groups is 1. The lowest BCUT2D eigenvalue weighted by molar-refractivity contribution is -0.137. The normalized spacial score (nSPS) is 14.6. The van der Waals surface area contributed by atoms with Crippen molar-refractivity contribution in [3.8, 4) is 28.7 Å². The summed E-state index contributed by atoms with van der Waals surface area (Å²) in [5.74, 6) is 2.62. The highest BCUT2D eigenvalue weighted by molar-refractivity contribution is 6.05. The summed E-state index contributed by atoms with van der Waals surface area (Å²) >= 11 is 0. The molecule has 1 atom stereocenters. The van der Waals surface area contributed by atoms with E-state index in [0.29, 0.717) is 45.5 Å². The molecule has 0 aromatic heterocycles. The van der Waals surface area contributed by atoms with Crippen LogP contribution in [0.15, 0.2) is 66.2 Å². The highest BCUT2D eigenvalue weighted by Crippen LogP contribution is 2.48. The molecule has 0 saturated heterocycles.